The SMILES string of the molecule is Cc1ccc(Nc2nc(C)c([N+](=O)[O-])c(N3CCCCC3)n2)cc1. The minimum atomic E-state index is -0.380. The topological polar surface area (TPSA) is 84.2 Å². The van der Waals surface area contributed by atoms with Crippen molar-refractivity contribution in [1.29, 1.82) is 0 Å². The molecule has 1 aliphatic rings. The van der Waals surface area contributed by atoms with Gasteiger partial charge in [-0.3, -0.25) is 10.1 Å². The molecular formula is C17H21N5O2. The first kappa shape index (κ1) is 16.2. The van der Waals surface area contributed by atoms with Crippen LogP contribution in [0.4, 0.5) is 23.1 Å². The normalized spacial score (nSPS) is 14.5. The van der Waals surface area contributed by atoms with E-state index in [1.54, 1.807) is 6.92 Å². The van der Waals surface area contributed by atoms with Crippen LogP contribution in [0.15, 0.2) is 24.3 Å². The van der Waals surface area contributed by atoms with Gasteiger partial charge in [0.15, 0.2) is 0 Å². The Balaban J connectivity index is 1.97. The molecule has 7 nitrogen and oxygen atoms in total. The molecule has 2 aromatic rings. The zero-order valence-electron chi connectivity index (χ0n) is 14.0. The molecule has 7 heteroatoms. The molecular weight excluding hydrogens is 306 g/mol. The average molecular weight is 327 g/mol. The van der Waals surface area contributed by atoms with Crippen molar-refractivity contribution < 1.29 is 4.92 Å². The Bertz CT molecular complexity index is 739. The molecule has 1 saturated heterocycles. The molecule has 1 aromatic carbocycles. The summed E-state index contributed by atoms with van der Waals surface area (Å²) in [6.07, 6.45) is 3.21. The van der Waals surface area contributed by atoms with Crippen molar-refractivity contribution in [3.8, 4) is 0 Å². The number of anilines is 3. The fourth-order valence-corrected chi connectivity index (χ4v) is 2.91. The lowest BCUT2D eigenvalue weighted by Gasteiger charge is -2.27. The third-order valence-corrected chi connectivity index (χ3v) is 4.19. The summed E-state index contributed by atoms with van der Waals surface area (Å²) < 4.78 is 0. The van der Waals surface area contributed by atoms with Gasteiger partial charge in [0.05, 0.1) is 4.92 Å². The number of hydrogen-bond acceptors (Lipinski definition) is 6. The Morgan fingerprint density at radius 1 is 1.08 bits per heavy atom. The van der Waals surface area contributed by atoms with E-state index in [9.17, 15) is 10.1 Å². The van der Waals surface area contributed by atoms with Crippen molar-refractivity contribution in [2.24, 2.45) is 0 Å². The van der Waals surface area contributed by atoms with Gasteiger partial charge in [0.1, 0.15) is 5.69 Å². The molecule has 1 fully saturated rings. The maximum atomic E-state index is 11.5. The van der Waals surface area contributed by atoms with Crippen molar-refractivity contribution >= 4 is 23.1 Å². The van der Waals surface area contributed by atoms with E-state index in [1.165, 1.54) is 0 Å². The summed E-state index contributed by atoms with van der Waals surface area (Å²) in [6.45, 7) is 5.26. The molecule has 0 amide bonds. The number of nitrogens with one attached hydrogen (secondary N) is 1. The number of rotatable bonds is 4. The third kappa shape index (κ3) is 3.45. The summed E-state index contributed by atoms with van der Waals surface area (Å²) in [5.74, 6) is 0.810. The quantitative estimate of drug-likeness (QED) is 0.680. The zero-order chi connectivity index (χ0) is 17.1. The van der Waals surface area contributed by atoms with Gasteiger partial charge in [-0.25, -0.2) is 4.98 Å². The monoisotopic (exact) mass is 327 g/mol. The van der Waals surface area contributed by atoms with Crippen LogP contribution in [0.1, 0.15) is 30.5 Å². The second-order valence-electron chi connectivity index (χ2n) is 6.10. The maximum absolute atomic E-state index is 11.5. The Hall–Kier alpha value is -2.70. The van der Waals surface area contributed by atoms with Crippen molar-refractivity contribution in [3.05, 3.63) is 45.6 Å². The van der Waals surface area contributed by atoms with Crippen LogP contribution < -0.4 is 10.2 Å². The third-order valence-electron chi connectivity index (χ3n) is 4.19. The molecule has 3 rings (SSSR count). The summed E-state index contributed by atoms with van der Waals surface area (Å²) in [5.41, 5.74) is 2.41. The van der Waals surface area contributed by atoms with Gasteiger partial charge in [-0.2, -0.15) is 4.98 Å². The van der Waals surface area contributed by atoms with E-state index in [4.69, 9.17) is 0 Å². The number of piperidine rings is 1. The van der Waals surface area contributed by atoms with Crippen molar-refractivity contribution in [2.75, 3.05) is 23.3 Å². The smallest absolute Gasteiger partial charge is 0.332 e. The predicted octanol–water partition coefficient (Wildman–Crippen LogP) is 3.74. The standard InChI is InChI=1S/C17H21N5O2/c1-12-6-8-14(9-7-12)19-17-18-13(2)15(22(23)24)16(20-17)21-10-4-3-5-11-21/h6-9H,3-5,10-11H2,1-2H3,(H,18,19,20). The van der Waals surface area contributed by atoms with Crippen LogP contribution in [0.3, 0.4) is 0 Å². The molecule has 0 saturated carbocycles. The van der Waals surface area contributed by atoms with Crippen molar-refractivity contribution in [2.45, 2.75) is 33.1 Å². The number of aromatic nitrogens is 2. The van der Waals surface area contributed by atoms with E-state index >= 15 is 0 Å². The highest BCUT2D eigenvalue weighted by Gasteiger charge is 2.27. The molecule has 1 aromatic heterocycles. The van der Waals surface area contributed by atoms with Crippen molar-refractivity contribution in [3.63, 3.8) is 0 Å². The first-order valence-corrected chi connectivity index (χ1v) is 8.16. The van der Waals surface area contributed by atoms with Crippen LogP contribution >= 0.6 is 0 Å². The Labute approximate surface area is 140 Å². The molecule has 0 bridgehead atoms. The molecule has 1 aliphatic heterocycles. The molecule has 0 atom stereocenters. The van der Waals surface area contributed by atoms with Crippen LogP contribution in [0.25, 0.3) is 0 Å². The summed E-state index contributed by atoms with van der Waals surface area (Å²) in [6, 6.07) is 7.87. The van der Waals surface area contributed by atoms with Crippen LogP contribution in [-0.4, -0.2) is 28.0 Å². The van der Waals surface area contributed by atoms with Crippen molar-refractivity contribution in [1.82, 2.24) is 9.97 Å². The van der Waals surface area contributed by atoms with Crippen LogP contribution in [0.5, 0.6) is 0 Å². The maximum Gasteiger partial charge on any atom is 0.332 e. The highest BCUT2D eigenvalue weighted by atomic mass is 16.6. The van der Waals surface area contributed by atoms with E-state index in [2.05, 4.69) is 15.3 Å². The zero-order valence-corrected chi connectivity index (χ0v) is 14.0. The molecule has 24 heavy (non-hydrogen) atoms. The minimum absolute atomic E-state index is 0.00589. The summed E-state index contributed by atoms with van der Waals surface area (Å²) in [7, 11) is 0. The number of aryl methyl sites for hydroxylation is 2. The van der Waals surface area contributed by atoms with Crippen LogP contribution in [0.2, 0.25) is 0 Å². The molecule has 0 spiro atoms. The lowest BCUT2D eigenvalue weighted by Crippen LogP contribution is -2.31. The first-order chi connectivity index (χ1) is 11.5. The Morgan fingerprint density at radius 3 is 2.38 bits per heavy atom. The Kier molecular flexibility index (Phi) is 4.59. The van der Waals surface area contributed by atoms with Gasteiger partial charge in [0, 0.05) is 18.8 Å². The van der Waals surface area contributed by atoms with E-state index in [0.29, 0.717) is 17.5 Å². The Morgan fingerprint density at radius 2 is 1.75 bits per heavy atom. The summed E-state index contributed by atoms with van der Waals surface area (Å²) in [5, 5.41) is 14.6. The lowest BCUT2D eigenvalue weighted by molar-refractivity contribution is -0.385. The average Bonchev–Trinajstić information content (AvgIpc) is 2.57. The largest absolute Gasteiger partial charge is 0.351 e. The van der Waals surface area contributed by atoms with Crippen LogP contribution in [-0.2, 0) is 0 Å². The van der Waals surface area contributed by atoms with E-state index in [-0.39, 0.29) is 10.6 Å². The molecule has 0 aliphatic carbocycles. The summed E-state index contributed by atoms with van der Waals surface area (Å²) in [4.78, 5) is 21.8. The number of hydrogen-bond donors (Lipinski definition) is 1. The highest BCUT2D eigenvalue weighted by Crippen LogP contribution is 2.32. The molecule has 126 valence electrons. The number of nitrogens with zero attached hydrogens (tertiary/aromatic N) is 4. The van der Waals surface area contributed by atoms with Crippen LogP contribution in [0, 0.1) is 24.0 Å². The minimum Gasteiger partial charge on any atom is -0.351 e. The fourth-order valence-electron chi connectivity index (χ4n) is 2.91. The molecule has 0 unspecified atom stereocenters. The van der Waals surface area contributed by atoms with Gasteiger partial charge in [-0.05, 0) is 45.2 Å². The fraction of sp³-hybridized carbons (Fsp3) is 0.412. The first-order valence-electron chi connectivity index (χ1n) is 8.16. The number of nitro groups is 1. The van der Waals surface area contributed by atoms with E-state index in [0.717, 1.165) is 43.6 Å². The van der Waals surface area contributed by atoms with Gasteiger partial charge in [0.2, 0.25) is 11.8 Å². The number of benzene rings is 1. The summed E-state index contributed by atoms with van der Waals surface area (Å²) >= 11 is 0. The van der Waals surface area contributed by atoms with E-state index in [1.807, 2.05) is 36.1 Å². The van der Waals surface area contributed by atoms with Gasteiger partial charge in [-0.1, -0.05) is 17.7 Å². The highest BCUT2D eigenvalue weighted by molar-refractivity contribution is 5.65. The molecule has 1 N–H and O–H groups in total. The molecule has 0 radical (unpaired) electrons. The van der Waals surface area contributed by atoms with Gasteiger partial charge in [-0.15, -0.1) is 0 Å². The van der Waals surface area contributed by atoms with E-state index < -0.39 is 0 Å². The van der Waals surface area contributed by atoms with Gasteiger partial charge < -0.3 is 10.2 Å². The van der Waals surface area contributed by atoms with Gasteiger partial charge >= 0.3 is 5.69 Å². The van der Waals surface area contributed by atoms with Gasteiger partial charge in [0.25, 0.3) is 0 Å². The lowest BCUT2D eigenvalue weighted by atomic mass is 10.1. The second-order valence-corrected chi connectivity index (χ2v) is 6.10. The second kappa shape index (κ2) is 6.82. The molecule has 2 heterocycles. The predicted molar refractivity (Wildman–Crippen MR) is 93.9 cm³/mol.